The summed E-state index contributed by atoms with van der Waals surface area (Å²) in [7, 11) is 1.61. The van der Waals surface area contributed by atoms with Crippen molar-refractivity contribution in [1.82, 2.24) is 0 Å². The molecule has 0 saturated carbocycles. The molecule has 0 fully saturated rings. The number of carbonyl (C=O) groups excluding carboxylic acids is 1. The predicted octanol–water partition coefficient (Wildman–Crippen LogP) is 3.73. The third kappa shape index (κ3) is 5.21. The molecule has 0 heterocycles. The first-order chi connectivity index (χ1) is 11.7. The first kappa shape index (κ1) is 17.7. The molecule has 2 aromatic rings. The Morgan fingerprint density at radius 2 is 1.71 bits per heavy atom. The van der Waals surface area contributed by atoms with Gasteiger partial charge in [0.25, 0.3) is 0 Å². The van der Waals surface area contributed by atoms with Crippen molar-refractivity contribution in [2.45, 2.75) is 25.6 Å². The van der Waals surface area contributed by atoms with Gasteiger partial charge in [-0.1, -0.05) is 65.8 Å². The summed E-state index contributed by atoms with van der Waals surface area (Å²) < 4.78 is 10.6. The van der Waals surface area contributed by atoms with Crippen LogP contribution in [0.5, 0.6) is 0 Å². The van der Waals surface area contributed by atoms with Gasteiger partial charge < -0.3 is 14.7 Å². The Morgan fingerprint density at radius 3 is 2.29 bits per heavy atom. The number of ether oxygens (including phenoxy) is 2. The van der Waals surface area contributed by atoms with Crippen LogP contribution in [-0.4, -0.2) is 24.0 Å². The van der Waals surface area contributed by atoms with Gasteiger partial charge >= 0.3 is 5.97 Å². The van der Waals surface area contributed by atoms with Crippen LogP contribution in [0, 0.1) is 0 Å². The molecule has 0 aliphatic carbocycles. The number of methoxy groups -OCH3 is 1. The average Bonchev–Trinajstić information content (AvgIpc) is 2.65. The molecule has 24 heavy (non-hydrogen) atoms. The lowest BCUT2D eigenvalue weighted by atomic mass is 10.0. The topological polar surface area (TPSA) is 68.1 Å². The number of hydrogen-bond donors (Lipinski definition) is 1. The maximum Gasteiger partial charge on any atom is 0.356 e. The Balaban J connectivity index is 1.88. The molecule has 2 rings (SSSR count). The van der Waals surface area contributed by atoms with E-state index in [9.17, 15) is 4.79 Å². The number of hydrogen-bond acceptors (Lipinski definition) is 5. The molecule has 0 bridgehead atoms. The highest BCUT2D eigenvalue weighted by Crippen LogP contribution is 2.22. The van der Waals surface area contributed by atoms with E-state index in [2.05, 4.69) is 5.16 Å². The summed E-state index contributed by atoms with van der Waals surface area (Å²) in [6, 6.07) is 19.0. The van der Waals surface area contributed by atoms with Crippen molar-refractivity contribution in [3.8, 4) is 0 Å². The molecule has 5 nitrogen and oxygen atoms in total. The van der Waals surface area contributed by atoms with Gasteiger partial charge in [-0.2, -0.15) is 0 Å². The second-order valence-electron chi connectivity index (χ2n) is 5.28. The van der Waals surface area contributed by atoms with Gasteiger partial charge in [-0.15, -0.1) is 0 Å². The van der Waals surface area contributed by atoms with Crippen LogP contribution in [0.2, 0.25) is 0 Å². The zero-order chi connectivity index (χ0) is 17.2. The van der Waals surface area contributed by atoms with E-state index in [4.69, 9.17) is 14.7 Å². The summed E-state index contributed by atoms with van der Waals surface area (Å²) in [5.41, 5.74) is 1.88. The molecule has 0 aliphatic heterocycles. The highest BCUT2D eigenvalue weighted by Gasteiger charge is 2.18. The Labute approximate surface area is 141 Å². The quantitative estimate of drug-likeness (QED) is 0.347. The van der Waals surface area contributed by atoms with E-state index in [1.165, 1.54) is 0 Å². The predicted molar refractivity (Wildman–Crippen MR) is 90.9 cm³/mol. The molecule has 0 amide bonds. The van der Waals surface area contributed by atoms with Gasteiger partial charge in [0.1, 0.15) is 6.61 Å². The van der Waals surface area contributed by atoms with Crippen molar-refractivity contribution in [3.05, 3.63) is 71.8 Å². The van der Waals surface area contributed by atoms with Crippen LogP contribution in [0.4, 0.5) is 0 Å². The standard InChI is InChI=1S/C19H21NO4/c1-23-18(16-10-6-3-7-11-16)13-12-17(20-22)19(21)24-14-15-8-4-2-5-9-15/h2-11,18,22H,12-14H2,1H3. The van der Waals surface area contributed by atoms with Crippen LogP contribution in [0.1, 0.15) is 30.1 Å². The van der Waals surface area contributed by atoms with Gasteiger partial charge in [0.2, 0.25) is 0 Å². The van der Waals surface area contributed by atoms with E-state index in [0.29, 0.717) is 6.42 Å². The van der Waals surface area contributed by atoms with Gasteiger partial charge in [0, 0.05) is 13.5 Å². The minimum absolute atomic E-state index is 0.0103. The third-order valence-corrected chi connectivity index (χ3v) is 3.67. The van der Waals surface area contributed by atoms with E-state index in [1.54, 1.807) is 7.11 Å². The molecule has 0 radical (unpaired) electrons. The second-order valence-corrected chi connectivity index (χ2v) is 5.28. The van der Waals surface area contributed by atoms with Gasteiger partial charge in [0.15, 0.2) is 5.71 Å². The Kier molecular flexibility index (Phi) is 6.98. The smallest absolute Gasteiger partial charge is 0.356 e. The largest absolute Gasteiger partial charge is 0.456 e. The maximum atomic E-state index is 12.0. The Bertz CT molecular complexity index is 656. The van der Waals surface area contributed by atoms with Crippen molar-refractivity contribution in [2.24, 2.45) is 5.16 Å². The summed E-state index contributed by atoms with van der Waals surface area (Å²) in [6.45, 7) is 0.144. The Hall–Kier alpha value is -2.66. The summed E-state index contributed by atoms with van der Waals surface area (Å²) in [4.78, 5) is 12.0. The lowest BCUT2D eigenvalue weighted by Crippen LogP contribution is -2.19. The van der Waals surface area contributed by atoms with Gasteiger partial charge in [-0.05, 0) is 17.5 Å². The van der Waals surface area contributed by atoms with Crippen molar-refractivity contribution in [3.63, 3.8) is 0 Å². The number of nitrogens with zero attached hydrogens (tertiary/aromatic N) is 1. The van der Waals surface area contributed by atoms with E-state index in [-0.39, 0.29) is 24.8 Å². The normalized spacial score (nSPS) is 12.6. The fraction of sp³-hybridized carbons (Fsp3) is 0.263. The summed E-state index contributed by atoms with van der Waals surface area (Å²) >= 11 is 0. The zero-order valence-electron chi connectivity index (χ0n) is 13.6. The summed E-state index contributed by atoms with van der Waals surface area (Å²) in [5, 5.41) is 12.2. The number of oxime groups is 1. The second kappa shape index (κ2) is 9.47. The molecule has 126 valence electrons. The molecule has 5 heteroatoms. The highest BCUT2D eigenvalue weighted by atomic mass is 16.5. The number of benzene rings is 2. The molecule has 2 aromatic carbocycles. The summed E-state index contributed by atoms with van der Waals surface area (Å²) in [5.74, 6) is -0.621. The van der Waals surface area contributed by atoms with Crippen LogP contribution in [-0.2, 0) is 20.9 Å². The first-order valence-corrected chi connectivity index (χ1v) is 7.74. The molecule has 0 saturated heterocycles. The van der Waals surface area contributed by atoms with Gasteiger partial charge in [0.05, 0.1) is 6.10 Å². The maximum absolute atomic E-state index is 12.0. The molecule has 0 aliphatic rings. The molecular weight excluding hydrogens is 306 g/mol. The lowest BCUT2D eigenvalue weighted by Gasteiger charge is -2.15. The molecular formula is C19H21NO4. The molecule has 0 spiro atoms. The highest BCUT2D eigenvalue weighted by molar-refractivity contribution is 6.36. The monoisotopic (exact) mass is 327 g/mol. The SMILES string of the molecule is COC(CCC(=NO)C(=O)OCc1ccccc1)c1ccccc1. The first-order valence-electron chi connectivity index (χ1n) is 7.74. The number of rotatable bonds is 8. The van der Waals surface area contributed by atoms with Gasteiger partial charge in [-0.3, -0.25) is 0 Å². The average molecular weight is 327 g/mol. The summed E-state index contributed by atoms with van der Waals surface area (Å²) in [6.07, 6.45) is 0.600. The van der Waals surface area contributed by atoms with E-state index in [1.807, 2.05) is 60.7 Å². The fourth-order valence-corrected chi connectivity index (χ4v) is 2.36. The Morgan fingerprint density at radius 1 is 1.08 bits per heavy atom. The third-order valence-electron chi connectivity index (χ3n) is 3.67. The van der Waals surface area contributed by atoms with Crippen LogP contribution in [0.15, 0.2) is 65.8 Å². The molecule has 1 unspecified atom stereocenters. The van der Waals surface area contributed by atoms with Crippen LogP contribution >= 0.6 is 0 Å². The number of esters is 1. The molecule has 1 atom stereocenters. The van der Waals surface area contributed by atoms with Crippen LogP contribution in [0.3, 0.4) is 0 Å². The van der Waals surface area contributed by atoms with Crippen molar-refractivity contribution >= 4 is 11.7 Å². The fourth-order valence-electron chi connectivity index (χ4n) is 2.36. The van der Waals surface area contributed by atoms with Gasteiger partial charge in [-0.25, -0.2) is 4.79 Å². The van der Waals surface area contributed by atoms with Crippen LogP contribution in [0.25, 0.3) is 0 Å². The van der Waals surface area contributed by atoms with Crippen LogP contribution < -0.4 is 0 Å². The molecule has 0 aromatic heterocycles. The van der Waals surface area contributed by atoms with E-state index in [0.717, 1.165) is 11.1 Å². The van der Waals surface area contributed by atoms with Crippen molar-refractivity contribution in [2.75, 3.05) is 7.11 Å². The minimum atomic E-state index is -0.621. The van der Waals surface area contributed by atoms with Crippen molar-refractivity contribution < 1.29 is 19.5 Å². The van der Waals surface area contributed by atoms with E-state index < -0.39 is 5.97 Å². The molecule has 1 N–H and O–H groups in total. The van der Waals surface area contributed by atoms with Crippen molar-refractivity contribution in [1.29, 1.82) is 0 Å². The lowest BCUT2D eigenvalue weighted by molar-refractivity contribution is -0.137. The zero-order valence-corrected chi connectivity index (χ0v) is 13.6. The number of carbonyl (C=O) groups is 1. The minimum Gasteiger partial charge on any atom is -0.456 e. The van der Waals surface area contributed by atoms with E-state index >= 15 is 0 Å².